The SMILES string of the molecule is CCc1cc(NC2CCC(Oc3cc(N4CCOCC4)cc4nccnc34)CC2)nc(C)n1. The molecule has 0 radical (unpaired) electrons. The fourth-order valence-electron chi connectivity index (χ4n) is 4.72. The molecule has 1 aliphatic carbocycles. The molecule has 8 heteroatoms. The third-order valence-corrected chi connectivity index (χ3v) is 6.47. The number of hydrogen-bond acceptors (Lipinski definition) is 8. The number of fused-ring (bicyclic) bond motifs is 1. The van der Waals surface area contributed by atoms with Crippen LogP contribution < -0.4 is 15.0 Å². The number of nitrogens with zero attached hydrogens (tertiary/aromatic N) is 5. The molecule has 8 nitrogen and oxygen atoms in total. The summed E-state index contributed by atoms with van der Waals surface area (Å²) < 4.78 is 12.1. The zero-order valence-corrected chi connectivity index (χ0v) is 19.5. The van der Waals surface area contributed by atoms with E-state index in [-0.39, 0.29) is 6.10 Å². The Morgan fingerprint density at radius 2 is 1.82 bits per heavy atom. The Labute approximate surface area is 194 Å². The molecule has 2 aromatic heterocycles. The second kappa shape index (κ2) is 9.87. The smallest absolute Gasteiger partial charge is 0.149 e. The van der Waals surface area contributed by atoms with Gasteiger partial charge in [-0.2, -0.15) is 0 Å². The van der Waals surface area contributed by atoms with Crippen LogP contribution in [0.3, 0.4) is 0 Å². The summed E-state index contributed by atoms with van der Waals surface area (Å²) in [6, 6.07) is 6.70. The van der Waals surface area contributed by atoms with Crippen LogP contribution in [0.15, 0.2) is 30.6 Å². The van der Waals surface area contributed by atoms with Gasteiger partial charge in [0, 0.05) is 55.0 Å². The lowest BCUT2D eigenvalue weighted by Gasteiger charge is -2.31. The third-order valence-electron chi connectivity index (χ3n) is 6.47. The van der Waals surface area contributed by atoms with Crippen molar-refractivity contribution in [3.8, 4) is 5.75 Å². The molecule has 2 aliphatic rings. The van der Waals surface area contributed by atoms with Crippen LogP contribution in [0.1, 0.15) is 44.1 Å². The zero-order chi connectivity index (χ0) is 22.6. The van der Waals surface area contributed by atoms with Gasteiger partial charge in [0.2, 0.25) is 0 Å². The van der Waals surface area contributed by atoms with E-state index in [1.165, 1.54) is 0 Å². The topological polar surface area (TPSA) is 85.3 Å². The first-order valence-corrected chi connectivity index (χ1v) is 12.0. The molecule has 0 amide bonds. The second-order valence-corrected chi connectivity index (χ2v) is 8.85. The Morgan fingerprint density at radius 3 is 2.61 bits per heavy atom. The van der Waals surface area contributed by atoms with E-state index in [1.807, 2.05) is 6.92 Å². The molecule has 0 spiro atoms. The lowest BCUT2D eigenvalue weighted by Crippen LogP contribution is -2.36. The molecule has 5 rings (SSSR count). The minimum absolute atomic E-state index is 0.173. The Balaban J connectivity index is 1.26. The third kappa shape index (κ3) is 5.16. The van der Waals surface area contributed by atoms with Crippen molar-refractivity contribution < 1.29 is 9.47 Å². The van der Waals surface area contributed by atoms with Crippen molar-refractivity contribution in [1.29, 1.82) is 0 Å². The van der Waals surface area contributed by atoms with Gasteiger partial charge in [0.25, 0.3) is 0 Å². The maximum atomic E-state index is 6.54. The fourth-order valence-corrected chi connectivity index (χ4v) is 4.72. The largest absolute Gasteiger partial charge is 0.488 e. The monoisotopic (exact) mass is 448 g/mol. The van der Waals surface area contributed by atoms with Crippen molar-refractivity contribution in [2.75, 3.05) is 36.5 Å². The summed E-state index contributed by atoms with van der Waals surface area (Å²) in [7, 11) is 0. The van der Waals surface area contributed by atoms with Crippen molar-refractivity contribution in [2.24, 2.45) is 0 Å². The number of hydrogen-bond donors (Lipinski definition) is 1. The van der Waals surface area contributed by atoms with E-state index in [0.29, 0.717) is 6.04 Å². The van der Waals surface area contributed by atoms with Crippen molar-refractivity contribution in [2.45, 2.75) is 58.1 Å². The summed E-state index contributed by atoms with van der Waals surface area (Å²) in [5, 5.41) is 3.62. The molecule has 3 heterocycles. The minimum Gasteiger partial charge on any atom is -0.488 e. The highest BCUT2D eigenvalue weighted by Gasteiger charge is 2.24. The summed E-state index contributed by atoms with van der Waals surface area (Å²) in [5.74, 6) is 2.59. The Hall–Kier alpha value is -3.00. The molecule has 174 valence electrons. The average Bonchev–Trinajstić information content (AvgIpc) is 2.85. The maximum absolute atomic E-state index is 6.54. The van der Waals surface area contributed by atoms with Gasteiger partial charge >= 0.3 is 0 Å². The molecule has 1 N–H and O–H groups in total. The Morgan fingerprint density at radius 1 is 1.03 bits per heavy atom. The number of anilines is 2. The summed E-state index contributed by atoms with van der Waals surface area (Å²) in [4.78, 5) is 20.5. The fraction of sp³-hybridized carbons (Fsp3) is 0.520. The lowest BCUT2D eigenvalue weighted by molar-refractivity contribution is 0.122. The van der Waals surface area contributed by atoms with E-state index in [0.717, 1.165) is 98.2 Å². The molecule has 1 aliphatic heterocycles. The summed E-state index contributed by atoms with van der Waals surface area (Å²) in [6.45, 7) is 7.33. The molecule has 0 atom stereocenters. The van der Waals surface area contributed by atoms with Crippen molar-refractivity contribution >= 4 is 22.5 Å². The predicted octanol–water partition coefficient (Wildman–Crippen LogP) is 3.93. The van der Waals surface area contributed by atoms with Gasteiger partial charge < -0.3 is 19.7 Å². The molecule has 1 aromatic carbocycles. The molecule has 1 saturated carbocycles. The standard InChI is InChI=1S/C25H32N6O2/c1-3-18-14-24(29-17(2)28-18)30-19-4-6-21(7-5-19)33-23-16-20(31-10-12-32-13-11-31)15-22-25(23)27-9-8-26-22/h8-9,14-16,19,21H,3-7,10-13H2,1-2H3,(H,28,29,30). The van der Waals surface area contributed by atoms with Crippen molar-refractivity contribution in [3.05, 3.63) is 42.1 Å². The van der Waals surface area contributed by atoms with Crippen molar-refractivity contribution in [1.82, 2.24) is 19.9 Å². The Bertz CT molecular complexity index is 1090. The highest BCUT2D eigenvalue weighted by molar-refractivity contribution is 5.85. The first-order chi connectivity index (χ1) is 16.2. The Kier molecular flexibility index (Phi) is 6.53. The van der Waals surface area contributed by atoms with Crippen LogP contribution in [0.2, 0.25) is 0 Å². The number of rotatable bonds is 6. The first-order valence-electron chi connectivity index (χ1n) is 12.0. The number of ether oxygens (including phenoxy) is 2. The van der Waals surface area contributed by atoms with Crippen LogP contribution in [0.4, 0.5) is 11.5 Å². The average molecular weight is 449 g/mol. The quantitative estimate of drug-likeness (QED) is 0.607. The predicted molar refractivity (Wildman–Crippen MR) is 129 cm³/mol. The van der Waals surface area contributed by atoms with Gasteiger partial charge in [-0.25, -0.2) is 15.0 Å². The van der Waals surface area contributed by atoms with Gasteiger partial charge in [-0.1, -0.05) is 6.92 Å². The van der Waals surface area contributed by atoms with E-state index < -0.39 is 0 Å². The number of benzene rings is 1. The van der Waals surface area contributed by atoms with Crippen LogP contribution in [-0.2, 0) is 11.2 Å². The zero-order valence-electron chi connectivity index (χ0n) is 19.5. The normalized spacial score (nSPS) is 21.2. The van der Waals surface area contributed by atoms with Gasteiger partial charge in [0.1, 0.15) is 22.9 Å². The number of aromatic nitrogens is 4. The number of morpholine rings is 1. The summed E-state index contributed by atoms with van der Waals surface area (Å²) in [6.07, 6.45) is 8.64. The molecule has 1 saturated heterocycles. The van der Waals surface area contributed by atoms with E-state index in [4.69, 9.17) is 9.47 Å². The van der Waals surface area contributed by atoms with Gasteiger partial charge in [-0.3, -0.25) is 4.98 Å². The number of aryl methyl sites for hydroxylation is 2. The first kappa shape index (κ1) is 21.8. The molecule has 33 heavy (non-hydrogen) atoms. The highest BCUT2D eigenvalue weighted by Crippen LogP contribution is 2.33. The molecule has 3 aromatic rings. The van der Waals surface area contributed by atoms with Gasteiger partial charge in [-0.15, -0.1) is 0 Å². The summed E-state index contributed by atoms with van der Waals surface area (Å²) >= 11 is 0. The van der Waals surface area contributed by atoms with E-state index in [9.17, 15) is 0 Å². The van der Waals surface area contributed by atoms with E-state index in [1.54, 1.807) is 12.4 Å². The lowest BCUT2D eigenvalue weighted by atomic mass is 9.93. The minimum atomic E-state index is 0.173. The molecular formula is C25H32N6O2. The maximum Gasteiger partial charge on any atom is 0.149 e. The summed E-state index contributed by atoms with van der Waals surface area (Å²) in [5.41, 5.74) is 3.91. The van der Waals surface area contributed by atoms with Crippen LogP contribution in [-0.4, -0.2) is 58.4 Å². The molecule has 2 fully saturated rings. The molecule has 0 bridgehead atoms. The van der Waals surface area contributed by atoms with E-state index in [2.05, 4.69) is 55.3 Å². The second-order valence-electron chi connectivity index (χ2n) is 8.85. The highest BCUT2D eigenvalue weighted by atomic mass is 16.5. The van der Waals surface area contributed by atoms with Crippen LogP contribution in [0.5, 0.6) is 5.75 Å². The number of nitrogens with one attached hydrogen (secondary N) is 1. The van der Waals surface area contributed by atoms with Gasteiger partial charge in [-0.05, 0) is 45.1 Å². The molecule has 0 unspecified atom stereocenters. The van der Waals surface area contributed by atoms with Gasteiger partial charge in [0.05, 0.1) is 24.8 Å². The van der Waals surface area contributed by atoms with Crippen LogP contribution in [0, 0.1) is 6.92 Å². The van der Waals surface area contributed by atoms with Crippen LogP contribution >= 0.6 is 0 Å². The van der Waals surface area contributed by atoms with Crippen LogP contribution in [0.25, 0.3) is 11.0 Å². The van der Waals surface area contributed by atoms with Crippen molar-refractivity contribution in [3.63, 3.8) is 0 Å². The molecular weight excluding hydrogens is 416 g/mol. The van der Waals surface area contributed by atoms with Gasteiger partial charge in [0.15, 0.2) is 0 Å². The van der Waals surface area contributed by atoms with E-state index >= 15 is 0 Å².